The molecule has 6 nitrogen and oxygen atoms in total. The summed E-state index contributed by atoms with van der Waals surface area (Å²) in [5.74, 6) is 1.52. The van der Waals surface area contributed by atoms with Gasteiger partial charge >= 0.3 is 5.97 Å². The summed E-state index contributed by atoms with van der Waals surface area (Å²) in [6.07, 6.45) is 0.838. The number of carbonyl (C=O) groups excluding carboxylic acids is 1. The summed E-state index contributed by atoms with van der Waals surface area (Å²) in [5.41, 5.74) is 4.87. The summed E-state index contributed by atoms with van der Waals surface area (Å²) in [5, 5.41) is 0. The molecule has 0 aromatic heterocycles. The number of methoxy groups -OCH3 is 2. The van der Waals surface area contributed by atoms with Gasteiger partial charge in [-0.3, -0.25) is 9.69 Å². The maximum absolute atomic E-state index is 14.0. The van der Waals surface area contributed by atoms with Crippen molar-refractivity contribution in [2.24, 2.45) is 11.8 Å². The van der Waals surface area contributed by atoms with E-state index in [9.17, 15) is 4.79 Å². The molecule has 0 amide bonds. The molecule has 4 atom stereocenters. The van der Waals surface area contributed by atoms with Crippen molar-refractivity contribution >= 4 is 5.97 Å². The second-order valence-electron chi connectivity index (χ2n) is 10.1. The Morgan fingerprint density at radius 2 is 1.78 bits per heavy atom. The highest BCUT2D eigenvalue weighted by molar-refractivity contribution is 5.79. The van der Waals surface area contributed by atoms with Gasteiger partial charge in [-0.1, -0.05) is 48.0 Å². The summed E-state index contributed by atoms with van der Waals surface area (Å²) in [4.78, 5) is 16.6. The summed E-state index contributed by atoms with van der Waals surface area (Å²) < 4.78 is 23.6. The summed E-state index contributed by atoms with van der Waals surface area (Å²) >= 11 is 0. The zero-order chi connectivity index (χ0) is 25.7. The van der Waals surface area contributed by atoms with Crippen LogP contribution >= 0.6 is 0 Å². The van der Waals surface area contributed by atoms with Crippen LogP contribution in [0.15, 0.2) is 60.7 Å². The SMILES string of the molecule is CCOC(=O)[C@@H]1[C@H]2COc3ccccc3[C@@H]2N2CCc3cc(OC)c(OC)cc3[C@]12c1ccc(C)cc1. The Morgan fingerprint density at radius 3 is 2.51 bits per heavy atom. The molecule has 6 rings (SSSR count). The lowest BCUT2D eigenvalue weighted by Crippen LogP contribution is -2.53. The topological polar surface area (TPSA) is 57.2 Å². The number of carbonyl (C=O) groups is 1. The van der Waals surface area contributed by atoms with Crippen LogP contribution in [-0.4, -0.2) is 44.8 Å². The monoisotopic (exact) mass is 499 g/mol. The average Bonchev–Trinajstić information content (AvgIpc) is 3.24. The summed E-state index contributed by atoms with van der Waals surface area (Å²) in [6.45, 7) is 5.53. The molecular weight excluding hydrogens is 466 g/mol. The molecule has 192 valence electrons. The number of rotatable bonds is 5. The van der Waals surface area contributed by atoms with Crippen molar-refractivity contribution in [1.29, 1.82) is 0 Å². The van der Waals surface area contributed by atoms with E-state index in [4.69, 9.17) is 18.9 Å². The van der Waals surface area contributed by atoms with E-state index in [1.54, 1.807) is 14.2 Å². The molecule has 3 heterocycles. The van der Waals surface area contributed by atoms with Crippen LogP contribution in [0.3, 0.4) is 0 Å². The van der Waals surface area contributed by atoms with E-state index >= 15 is 0 Å². The highest BCUT2D eigenvalue weighted by Gasteiger charge is 2.66. The minimum absolute atomic E-state index is 0.0157. The van der Waals surface area contributed by atoms with Crippen molar-refractivity contribution in [3.63, 3.8) is 0 Å². The first-order valence-corrected chi connectivity index (χ1v) is 13.0. The van der Waals surface area contributed by atoms with E-state index < -0.39 is 11.5 Å². The zero-order valence-electron chi connectivity index (χ0n) is 21.8. The summed E-state index contributed by atoms with van der Waals surface area (Å²) in [6, 6.07) is 21.0. The molecular formula is C31H33NO5. The minimum atomic E-state index is -0.747. The van der Waals surface area contributed by atoms with Crippen LogP contribution in [0.1, 0.15) is 40.8 Å². The molecule has 0 bridgehead atoms. The number of hydrogen-bond acceptors (Lipinski definition) is 6. The van der Waals surface area contributed by atoms with Crippen LogP contribution in [0, 0.1) is 18.8 Å². The molecule has 1 saturated heterocycles. The maximum Gasteiger partial charge on any atom is 0.312 e. The number of benzene rings is 3. The third kappa shape index (κ3) is 3.38. The number of aryl methyl sites for hydroxylation is 1. The molecule has 3 aromatic carbocycles. The Kier molecular flexibility index (Phi) is 5.87. The molecule has 37 heavy (non-hydrogen) atoms. The van der Waals surface area contributed by atoms with Gasteiger partial charge in [-0.15, -0.1) is 0 Å². The summed E-state index contributed by atoms with van der Waals surface area (Å²) in [7, 11) is 3.32. The quantitative estimate of drug-likeness (QED) is 0.458. The standard InChI is InChI=1S/C31H33NO5/c1-5-36-30(33)28-23-18-37-25-9-7-6-8-22(25)29(23)32-15-14-20-16-26(34-3)27(35-4)17-24(20)31(28,32)21-12-10-19(2)11-13-21/h6-13,16-17,23,28-29H,5,14-15,18H2,1-4H3/t23-,28+,29+,31-/m1/s1. The average molecular weight is 500 g/mol. The van der Waals surface area contributed by atoms with Crippen molar-refractivity contribution in [3.8, 4) is 17.2 Å². The van der Waals surface area contributed by atoms with Crippen molar-refractivity contribution in [3.05, 3.63) is 88.5 Å². The fourth-order valence-corrected chi connectivity index (χ4v) is 7.00. The first-order chi connectivity index (χ1) is 18.0. The van der Waals surface area contributed by atoms with Crippen molar-refractivity contribution in [2.75, 3.05) is 34.0 Å². The fourth-order valence-electron chi connectivity index (χ4n) is 7.00. The zero-order valence-corrected chi connectivity index (χ0v) is 21.8. The molecule has 0 radical (unpaired) electrons. The second kappa shape index (κ2) is 9.10. The van der Waals surface area contributed by atoms with Gasteiger partial charge in [0.15, 0.2) is 11.5 Å². The molecule has 6 heteroatoms. The molecule has 0 spiro atoms. The second-order valence-corrected chi connectivity index (χ2v) is 10.1. The number of hydrogen-bond donors (Lipinski definition) is 0. The fraction of sp³-hybridized carbons (Fsp3) is 0.387. The van der Waals surface area contributed by atoms with Crippen LogP contribution in [0.2, 0.25) is 0 Å². The van der Waals surface area contributed by atoms with Crippen LogP contribution in [0.25, 0.3) is 0 Å². The Morgan fingerprint density at radius 1 is 1.05 bits per heavy atom. The van der Waals surface area contributed by atoms with Crippen LogP contribution < -0.4 is 14.2 Å². The largest absolute Gasteiger partial charge is 0.493 e. The van der Waals surface area contributed by atoms with E-state index in [0.29, 0.717) is 24.7 Å². The van der Waals surface area contributed by atoms with Crippen molar-refractivity contribution in [1.82, 2.24) is 4.90 Å². The van der Waals surface area contributed by atoms with E-state index in [-0.39, 0.29) is 17.9 Å². The maximum atomic E-state index is 14.0. The van der Waals surface area contributed by atoms with Gasteiger partial charge in [-0.05, 0) is 55.2 Å². The highest BCUT2D eigenvalue weighted by atomic mass is 16.5. The molecule has 3 aliphatic heterocycles. The van der Waals surface area contributed by atoms with E-state index in [1.165, 1.54) is 5.56 Å². The lowest BCUT2D eigenvalue weighted by atomic mass is 9.67. The number of nitrogens with zero attached hydrogens (tertiary/aromatic N) is 1. The Labute approximate surface area is 218 Å². The van der Waals surface area contributed by atoms with Gasteiger partial charge in [0.05, 0.1) is 38.9 Å². The number of esters is 1. The molecule has 0 unspecified atom stereocenters. The molecule has 1 fully saturated rings. The first-order valence-electron chi connectivity index (χ1n) is 13.0. The van der Waals surface area contributed by atoms with Crippen molar-refractivity contribution in [2.45, 2.75) is 31.8 Å². The van der Waals surface area contributed by atoms with E-state index in [0.717, 1.165) is 41.0 Å². The molecule has 3 aromatic rings. The van der Waals surface area contributed by atoms with Crippen molar-refractivity contribution < 1.29 is 23.7 Å². The van der Waals surface area contributed by atoms with Gasteiger partial charge < -0.3 is 18.9 Å². The number of fused-ring (bicyclic) bond motifs is 7. The highest BCUT2D eigenvalue weighted by Crippen LogP contribution is 2.63. The molecule has 3 aliphatic rings. The van der Waals surface area contributed by atoms with Gasteiger partial charge in [-0.2, -0.15) is 0 Å². The smallest absolute Gasteiger partial charge is 0.312 e. The van der Waals surface area contributed by atoms with Gasteiger partial charge in [0.2, 0.25) is 0 Å². The first kappa shape index (κ1) is 23.9. The third-order valence-electron chi connectivity index (χ3n) is 8.42. The van der Waals surface area contributed by atoms with Gasteiger partial charge in [0.1, 0.15) is 5.75 Å². The van der Waals surface area contributed by atoms with Gasteiger partial charge in [-0.25, -0.2) is 0 Å². The molecule has 0 aliphatic carbocycles. The van der Waals surface area contributed by atoms with Gasteiger partial charge in [0, 0.05) is 24.1 Å². The Hall–Kier alpha value is -3.51. The van der Waals surface area contributed by atoms with Crippen LogP contribution in [0.4, 0.5) is 0 Å². The normalized spacial score (nSPS) is 25.7. The van der Waals surface area contributed by atoms with E-state index in [2.05, 4.69) is 60.4 Å². The lowest BCUT2D eigenvalue weighted by Gasteiger charge is -2.48. The van der Waals surface area contributed by atoms with E-state index in [1.807, 2.05) is 19.1 Å². The number of ether oxygens (including phenoxy) is 4. The predicted octanol–water partition coefficient (Wildman–Crippen LogP) is 5.06. The Balaban J connectivity index is 1.69. The third-order valence-corrected chi connectivity index (χ3v) is 8.42. The minimum Gasteiger partial charge on any atom is -0.493 e. The number of para-hydroxylation sites is 1. The Bertz CT molecular complexity index is 1340. The van der Waals surface area contributed by atoms with Crippen LogP contribution in [-0.2, 0) is 21.5 Å². The lowest BCUT2D eigenvalue weighted by molar-refractivity contribution is -0.152. The molecule has 0 saturated carbocycles. The predicted molar refractivity (Wildman–Crippen MR) is 140 cm³/mol. The van der Waals surface area contributed by atoms with Crippen LogP contribution in [0.5, 0.6) is 17.2 Å². The van der Waals surface area contributed by atoms with Gasteiger partial charge in [0.25, 0.3) is 0 Å². The molecule has 0 N–H and O–H groups in total.